The minimum absolute atomic E-state index is 0.0563. The summed E-state index contributed by atoms with van der Waals surface area (Å²) in [5.41, 5.74) is -1.43. The van der Waals surface area contributed by atoms with Crippen molar-refractivity contribution in [3.8, 4) is 0 Å². The molecule has 3 aliphatic rings. The quantitative estimate of drug-likeness (QED) is 0.396. The van der Waals surface area contributed by atoms with E-state index in [9.17, 15) is 19.5 Å². The standard InChI is InChI=1S/C30H40ClN3O5/c1-6-14-32(15-7-2)26(36)23-24-27(37)34(17-9-18-35)25(30(24)19-20(4)29(23,5)39-30)28(38)33(16-8-3)22-12-10-21(31)11-13-22/h6,8,10-13,20,23-25,35H,1,3,7,9,14-19H2,2,4-5H3/t20?,23-,24+,25?,29+,30?/m1/s1. The third-order valence-electron chi connectivity index (χ3n) is 8.74. The maximum absolute atomic E-state index is 14.5. The van der Waals surface area contributed by atoms with Crippen LogP contribution in [0, 0.1) is 17.8 Å². The number of fused-ring (bicyclic) bond motifs is 1. The monoisotopic (exact) mass is 557 g/mol. The van der Waals surface area contributed by atoms with E-state index in [0.29, 0.717) is 36.6 Å². The number of carbonyl (C=O) groups is 3. The Balaban J connectivity index is 1.82. The van der Waals surface area contributed by atoms with E-state index in [0.717, 1.165) is 6.42 Å². The van der Waals surface area contributed by atoms with Gasteiger partial charge in [0, 0.05) is 43.5 Å². The lowest BCUT2D eigenvalue weighted by atomic mass is 9.62. The van der Waals surface area contributed by atoms with E-state index in [1.54, 1.807) is 51.1 Å². The number of anilines is 1. The highest BCUT2D eigenvalue weighted by Gasteiger charge is 2.80. The van der Waals surface area contributed by atoms with Gasteiger partial charge in [-0.25, -0.2) is 0 Å². The Morgan fingerprint density at radius 2 is 1.87 bits per heavy atom. The fourth-order valence-corrected chi connectivity index (χ4v) is 7.14. The summed E-state index contributed by atoms with van der Waals surface area (Å²) in [4.78, 5) is 47.7. The molecule has 1 spiro atoms. The zero-order chi connectivity index (χ0) is 28.5. The molecule has 1 aromatic rings. The third kappa shape index (κ3) is 4.70. The molecule has 6 atom stereocenters. The van der Waals surface area contributed by atoms with Crippen LogP contribution in [0.2, 0.25) is 5.02 Å². The molecule has 8 nitrogen and oxygen atoms in total. The van der Waals surface area contributed by atoms with E-state index in [-0.39, 0.29) is 43.3 Å². The average Bonchev–Trinajstić information content (AvgIpc) is 3.42. The summed E-state index contributed by atoms with van der Waals surface area (Å²) in [7, 11) is 0. The van der Waals surface area contributed by atoms with Crippen LogP contribution in [0.5, 0.6) is 0 Å². The first-order chi connectivity index (χ1) is 18.6. The molecular weight excluding hydrogens is 518 g/mol. The number of hydrogen-bond acceptors (Lipinski definition) is 5. The molecule has 0 radical (unpaired) electrons. The highest BCUT2D eigenvalue weighted by atomic mass is 35.5. The molecule has 39 heavy (non-hydrogen) atoms. The minimum Gasteiger partial charge on any atom is -0.396 e. The summed E-state index contributed by atoms with van der Waals surface area (Å²) in [5, 5.41) is 10.2. The SMILES string of the molecule is C=CCN(CCC)C(=O)[C@H]1[C@H]2C(=O)N(CCCO)C(C(=O)N(CC=C)c3ccc(Cl)cc3)C23CC(C)[C@]1(C)O3. The molecule has 3 saturated heterocycles. The van der Waals surface area contributed by atoms with Crippen molar-refractivity contribution in [3.05, 3.63) is 54.6 Å². The molecule has 3 unspecified atom stereocenters. The zero-order valence-corrected chi connectivity index (χ0v) is 23.9. The number of halogens is 1. The normalized spacial score (nSPS) is 30.8. The van der Waals surface area contributed by atoms with Gasteiger partial charge >= 0.3 is 0 Å². The van der Waals surface area contributed by atoms with Gasteiger partial charge in [0.2, 0.25) is 11.8 Å². The second kappa shape index (κ2) is 11.4. The molecular formula is C30H40ClN3O5. The van der Waals surface area contributed by atoms with E-state index in [1.165, 1.54) is 0 Å². The summed E-state index contributed by atoms with van der Waals surface area (Å²) in [6.07, 6.45) is 4.89. The molecule has 3 fully saturated rings. The molecule has 0 aromatic heterocycles. The fourth-order valence-electron chi connectivity index (χ4n) is 7.01. The minimum atomic E-state index is -1.16. The Kier molecular flexibility index (Phi) is 8.59. The van der Waals surface area contributed by atoms with Gasteiger partial charge in [-0.1, -0.05) is 37.6 Å². The van der Waals surface area contributed by atoms with Crippen molar-refractivity contribution < 1.29 is 24.2 Å². The fraction of sp³-hybridized carbons (Fsp3) is 0.567. The van der Waals surface area contributed by atoms with Crippen LogP contribution in [-0.4, -0.2) is 82.7 Å². The van der Waals surface area contributed by atoms with Crippen molar-refractivity contribution in [3.63, 3.8) is 0 Å². The summed E-state index contributed by atoms with van der Waals surface area (Å²) < 4.78 is 6.83. The molecule has 1 N–H and O–H groups in total. The van der Waals surface area contributed by atoms with E-state index in [4.69, 9.17) is 16.3 Å². The van der Waals surface area contributed by atoms with Crippen LogP contribution in [0.15, 0.2) is 49.6 Å². The number of rotatable bonds is 12. The zero-order valence-electron chi connectivity index (χ0n) is 23.1. The van der Waals surface area contributed by atoms with Crippen molar-refractivity contribution in [2.75, 3.05) is 37.7 Å². The number of benzene rings is 1. The van der Waals surface area contributed by atoms with Crippen LogP contribution in [0.25, 0.3) is 0 Å². The van der Waals surface area contributed by atoms with Crippen LogP contribution in [0.4, 0.5) is 5.69 Å². The second-order valence-electron chi connectivity index (χ2n) is 11.1. The molecule has 2 bridgehead atoms. The van der Waals surface area contributed by atoms with Gasteiger partial charge in [0.1, 0.15) is 11.6 Å². The highest BCUT2D eigenvalue weighted by molar-refractivity contribution is 6.30. The van der Waals surface area contributed by atoms with Crippen molar-refractivity contribution in [2.24, 2.45) is 17.8 Å². The highest BCUT2D eigenvalue weighted by Crippen LogP contribution is 2.65. The number of aliphatic hydroxyl groups excluding tert-OH is 1. The van der Waals surface area contributed by atoms with Crippen LogP contribution in [0.3, 0.4) is 0 Å². The first-order valence-corrected chi connectivity index (χ1v) is 14.2. The number of nitrogens with zero attached hydrogens (tertiary/aromatic N) is 3. The smallest absolute Gasteiger partial charge is 0.253 e. The Morgan fingerprint density at radius 1 is 1.21 bits per heavy atom. The third-order valence-corrected chi connectivity index (χ3v) is 8.99. The molecule has 212 valence electrons. The Morgan fingerprint density at radius 3 is 2.46 bits per heavy atom. The van der Waals surface area contributed by atoms with Gasteiger partial charge in [0.05, 0.1) is 17.4 Å². The molecule has 0 aliphatic carbocycles. The molecule has 3 aliphatic heterocycles. The number of amides is 3. The predicted octanol–water partition coefficient (Wildman–Crippen LogP) is 3.68. The summed E-state index contributed by atoms with van der Waals surface area (Å²) in [5.74, 6) is -2.27. The molecule has 3 amide bonds. The number of aliphatic hydroxyl groups is 1. The first-order valence-electron chi connectivity index (χ1n) is 13.8. The van der Waals surface area contributed by atoms with Crippen molar-refractivity contribution in [2.45, 2.75) is 57.3 Å². The van der Waals surface area contributed by atoms with Gasteiger partial charge in [-0.2, -0.15) is 0 Å². The van der Waals surface area contributed by atoms with Gasteiger partial charge in [-0.3, -0.25) is 14.4 Å². The lowest BCUT2D eigenvalue weighted by molar-refractivity contribution is -0.151. The van der Waals surface area contributed by atoms with E-state index in [1.807, 2.05) is 20.8 Å². The summed E-state index contributed by atoms with van der Waals surface area (Å²) >= 11 is 6.11. The molecule has 9 heteroatoms. The number of hydrogen-bond donors (Lipinski definition) is 1. The van der Waals surface area contributed by atoms with Crippen LogP contribution < -0.4 is 4.90 Å². The maximum atomic E-state index is 14.5. The molecule has 4 rings (SSSR count). The van der Waals surface area contributed by atoms with Gasteiger partial charge in [-0.15, -0.1) is 13.2 Å². The Bertz CT molecular complexity index is 1130. The van der Waals surface area contributed by atoms with Crippen LogP contribution in [-0.2, 0) is 19.1 Å². The van der Waals surface area contributed by atoms with Crippen molar-refractivity contribution in [1.82, 2.24) is 9.80 Å². The topological polar surface area (TPSA) is 90.4 Å². The number of carbonyl (C=O) groups excluding carboxylic acids is 3. The number of likely N-dealkylation sites (tertiary alicyclic amines) is 1. The van der Waals surface area contributed by atoms with Gasteiger partial charge in [-0.05, 0) is 56.4 Å². The Labute approximate surface area is 236 Å². The van der Waals surface area contributed by atoms with E-state index >= 15 is 0 Å². The average molecular weight is 558 g/mol. The largest absolute Gasteiger partial charge is 0.396 e. The van der Waals surface area contributed by atoms with E-state index < -0.39 is 29.1 Å². The van der Waals surface area contributed by atoms with Crippen LogP contribution in [0.1, 0.15) is 40.0 Å². The Hall–Kier alpha value is -2.68. The van der Waals surface area contributed by atoms with Crippen LogP contribution >= 0.6 is 11.6 Å². The molecule has 1 aromatic carbocycles. The van der Waals surface area contributed by atoms with E-state index in [2.05, 4.69) is 13.2 Å². The van der Waals surface area contributed by atoms with Crippen molar-refractivity contribution in [1.29, 1.82) is 0 Å². The summed E-state index contributed by atoms with van der Waals surface area (Å²) in [6.45, 7) is 14.8. The predicted molar refractivity (Wildman–Crippen MR) is 151 cm³/mol. The van der Waals surface area contributed by atoms with Gasteiger partial charge in [0.25, 0.3) is 5.91 Å². The lowest BCUT2D eigenvalue weighted by Crippen LogP contribution is -2.57. The van der Waals surface area contributed by atoms with Gasteiger partial charge in [0.15, 0.2) is 0 Å². The molecule has 0 saturated carbocycles. The maximum Gasteiger partial charge on any atom is 0.253 e. The van der Waals surface area contributed by atoms with Crippen molar-refractivity contribution >= 4 is 35.0 Å². The number of ether oxygens (including phenoxy) is 1. The lowest BCUT2D eigenvalue weighted by Gasteiger charge is -2.39. The second-order valence-corrected chi connectivity index (χ2v) is 11.5. The first kappa shape index (κ1) is 29.3. The molecule has 3 heterocycles. The summed E-state index contributed by atoms with van der Waals surface area (Å²) in [6, 6.07) is 5.99. The van der Waals surface area contributed by atoms with Gasteiger partial charge < -0.3 is 24.5 Å².